The first-order valence-corrected chi connectivity index (χ1v) is 11.4. The van der Waals surface area contributed by atoms with Gasteiger partial charge in [-0.3, -0.25) is 9.80 Å². The molecule has 2 aromatic carbocycles. The van der Waals surface area contributed by atoms with Gasteiger partial charge in [-0.05, 0) is 18.2 Å². The third-order valence-corrected chi connectivity index (χ3v) is 7.53. The summed E-state index contributed by atoms with van der Waals surface area (Å²) < 4.78 is 7.72. The van der Waals surface area contributed by atoms with Crippen LogP contribution in [0.5, 0.6) is 5.75 Å². The first-order chi connectivity index (χ1) is 13.3. The number of methoxy groups -OCH3 is 1. The molecule has 4 rings (SSSR count). The molecule has 0 radical (unpaired) electrons. The van der Waals surface area contributed by atoms with E-state index in [1.54, 1.807) is 47.0 Å². The largest absolute Gasteiger partial charge is 0.496 e. The molecule has 5 nitrogen and oxygen atoms in total. The van der Waals surface area contributed by atoms with Crippen LogP contribution in [0.1, 0.15) is 10.9 Å². The van der Waals surface area contributed by atoms with Crippen molar-refractivity contribution in [3.63, 3.8) is 0 Å². The Labute approximate surface area is 170 Å². The summed E-state index contributed by atoms with van der Waals surface area (Å²) in [5.41, 5.74) is 5.36. The molecule has 1 aliphatic rings. The number of benzene rings is 2. The molecule has 1 saturated heterocycles. The normalized spacial score (nSPS) is 17.0. The number of amides is 1. The molecule has 0 bridgehead atoms. The van der Waals surface area contributed by atoms with Gasteiger partial charge in [-0.25, -0.2) is 10.4 Å². The predicted molar refractivity (Wildman–Crippen MR) is 113 cm³/mol. The Morgan fingerprint density at radius 1 is 1.26 bits per heavy atom. The van der Waals surface area contributed by atoms with Crippen molar-refractivity contribution in [3.8, 4) is 5.75 Å². The van der Waals surface area contributed by atoms with E-state index in [9.17, 15) is 4.79 Å². The first-order valence-electron chi connectivity index (χ1n) is 8.55. The van der Waals surface area contributed by atoms with Gasteiger partial charge in [-0.2, -0.15) is 0 Å². The zero-order valence-corrected chi connectivity index (χ0v) is 17.2. The summed E-state index contributed by atoms with van der Waals surface area (Å²) in [7, 11) is 1.66. The van der Waals surface area contributed by atoms with E-state index < -0.39 is 0 Å². The van der Waals surface area contributed by atoms with Gasteiger partial charge >= 0.3 is 0 Å². The predicted octanol–water partition coefficient (Wildman–Crippen LogP) is 4.18. The Morgan fingerprint density at radius 3 is 2.93 bits per heavy atom. The molecule has 27 heavy (non-hydrogen) atoms. The number of nitrogens with one attached hydrogen (secondary N) is 1. The molecule has 1 aliphatic heterocycles. The van der Waals surface area contributed by atoms with Crippen molar-refractivity contribution in [2.75, 3.05) is 25.2 Å². The molecule has 1 fully saturated rings. The molecule has 3 aromatic rings. The summed E-state index contributed by atoms with van der Waals surface area (Å²) in [6.07, 6.45) is 0. The summed E-state index contributed by atoms with van der Waals surface area (Å²) >= 11 is 5.03. The molecular weight excluding hydrogens is 398 g/mol. The monoisotopic (exact) mass is 417 g/mol. The lowest BCUT2D eigenvalue weighted by Gasteiger charge is -2.25. The third kappa shape index (κ3) is 4.08. The summed E-state index contributed by atoms with van der Waals surface area (Å²) in [6.45, 7) is 0.693. The van der Waals surface area contributed by atoms with Gasteiger partial charge in [0, 0.05) is 17.9 Å². The highest BCUT2D eigenvalue weighted by molar-refractivity contribution is 8.01. The van der Waals surface area contributed by atoms with Crippen LogP contribution in [0, 0.1) is 0 Å². The van der Waals surface area contributed by atoms with Crippen molar-refractivity contribution in [1.82, 2.24) is 15.4 Å². The molecule has 0 saturated carbocycles. The number of hydrogen-bond acceptors (Lipinski definition) is 7. The van der Waals surface area contributed by atoms with Gasteiger partial charge in [-0.1, -0.05) is 42.1 Å². The molecule has 0 aliphatic carbocycles. The van der Waals surface area contributed by atoms with Crippen molar-refractivity contribution < 1.29 is 9.53 Å². The van der Waals surface area contributed by atoms with Crippen LogP contribution < -0.4 is 10.2 Å². The number of para-hydroxylation sites is 2. The fourth-order valence-corrected chi connectivity index (χ4v) is 6.05. The second-order valence-corrected chi connectivity index (χ2v) is 9.31. The van der Waals surface area contributed by atoms with Crippen LogP contribution >= 0.6 is 34.9 Å². The zero-order chi connectivity index (χ0) is 18.6. The SMILES string of the molecule is COc1ccccc1C1SCC(=O)N1NCCSc1nc2ccccc2s1. The number of hydrazine groups is 1. The molecule has 140 valence electrons. The van der Waals surface area contributed by atoms with Crippen molar-refractivity contribution in [2.45, 2.75) is 9.71 Å². The lowest BCUT2D eigenvalue weighted by atomic mass is 10.2. The van der Waals surface area contributed by atoms with E-state index in [1.807, 2.05) is 42.5 Å². The summed E-state index contributed by atoms with van der Waals surface area (Å²) in [6, 6.07) is 16.0. The summed E-state index contributed by atoms with van der Waals surface area (Å²) in [5.74, 6) is 2.22. The van der Waals surface area contributed by atoms with Gasteiger partial charge in [0.15, 0.2) is 4.34 Å². The molecule has 1 atom stereocenters. The number of ether oxygens (including phenoxy) is 1. The quantitative estimate of drug-likeness (QED) is 0.460. The lowest BCUT2D eigenvalue weighted by molar-refractivity contribution is -0.131. The van der Waals surface area contributed by atoms with Crippen molar-refractivity contribution in [1.29, 1.82) is 0 Å². The number of nitrogens with zero attached hydrogens (tertiary/aromatic N) is 2. The third-order valence-electron chi connectivity index (χ3n) is 4.16. The molecule has 0 spiro atoms. The summed E-state index contributed by atoms with van der Waals surface area (Å²) in [4.78, 5) is 17.0. The maximum absolute atomic E-state index is 12.3. The van der Waals surface area contributed by atoms with Crippen molar-refractivity contribution in [2.24, 2.45) is 0 Å². The Bertz CT molecular complexity index is 914. The highest BCUT2D eigenvalue weighted by atomic mass is 32.2. The number of carbonyl (C=O) groups is 1. The average molecular weight is 418 g/mol. The van der Waals surface area contributed by atoms with E-state index in [-0.39, 0.29) is 11.3 Å². The van der Waals surface area contributed by atoms with Crippen LogP contribution in [0.4, 0.5) is 0 Å². The summed E-state index contributed by atoms with van der Waals surface area (Å²) in [5, 5.41) is 1.67. The van der Waals surface area contributed by atoms with Crippen LogP contribution in [0.15, 0.2) is 52.9 Å². The van der Waals surface area contributed by atoms with Gasteiger partial charge in [0.1, 0.15) is 11.1 Å². The number of thiazole rings is 1. The number of fused-ring (bicyclic) bond motifs is 1. The number of aromatic nitrogens is 1. The highest BCUT2D eigenvalue weighted by Crippen LogP contribution is 2.41. The molecule has 2 heterocycles. The lowest BCUT2D eigenvalue weighted by Crippen LogP contribution is -2.42. The molecular formula is C19H19N3O2S3. The topological polar surface area (TPSA) is 54.5 Å². The Morgan fingerprint density at radius 2 is 2.07 bits per heavy atom. The van der Waals surface area contributed by atoms with Gasteiger partial charge in [0.25, 0.3) is 0 Å². The van der Waals surface area contributed by atoms with Crippen molar-refractivity contribution in [3.05, 3.63) is 54.1 Å². The molecule has 1 aromatic heterocycles. The van der Waals surface area contributed by atoms with Crippen LogP contribution in [0.2, 0.25) is 0 Å². The maximum atomic E-state index is 12.3. The van der Waals surface area contributed by atoms with Crippen LogP contribution in [0.25, 0.3) is 10.2 Å². The number of rotatable bonds is 7. The van der Waals surface area contributed by atoms with Gasteiger partial charge in [-0.15, -0.1) is 23.1 Å². The minimum Gasteiger partial charge on any atom is -0.496 e. The first kappa shape index (κ1) is 18.6. The van der Waals surface area contributed by atoms with E-state index >= 15 is 0 Å². The molecule has 1 N–H and O–H groups in total. The minimum absolute atomic E-state index is 0.0684. The van der Waals surface area contributed by atoms with E-state index in [2.05, 4.69) is 16.5 Å². The highest BCUT2D eigenvalue weighted by Gasteiger charge is 2.34. The minimum atomic E-state index is -0.0684. The smallest absolute Gasteiger partial charge is 0.248 e. The fraction of sp³-hybridized carbons (Fsp3) is 0.263. The van der Waals surface area contributed by atoms with Crippen LogP contribution in [0.3, 0.4) is 0 Å². The Kier molecular flexibility index (Phi) is 5.87. The van der Waals surface area contributed by atoms with E-state index in [1.165, 1.54) is 4.70 Å². The van der Waals surface area contributed by atoms with Crippen molar-refractivity contribution >= 4 is 51.0 Å². The zero-order valence-electron chi connectivity index (χ0n) is 14.8. The Hall–Kier alpha value is -1.74. The maximum Gasteiger partial charge on any atom is 0.248 e. The second-order valence-electron chi connectivity index (χ2n) is 5.87. The van der Waals surface area contributed by atoms with Crippen LogP contribution in [-0.2, 0) is 4.79 Å². The number of thioether (sulfide) groups is 2. The van der Waals surface area contributed by atoms with E-state index in [4.69, 9.17) is 4.74 Å². The average Bonchev–Trinajstić information content (AvgIpc) is 3.28. The number of carbonyl (C=O) groups excluding carboxylic acids is 1. The van der Waals surface area contributed by atoms with E-state index in [0.717, 1.165) is 26.9 Å². The second kappa shape index (κ2) is 8.52. The molecule has 1 unspecified atom stereocenters. The molecule has 8 heteroatoms. The number of hydrogen-bond donors (Lipinski definition) is 1. The van der Waals surface area contributed by atoms with Gasteiger partial charge in [0.2, 0.25) is 5.91 Å². The van der Waals surface area contributed by atoms with E-state index in [0.29, 0.717) is 12.3 Å². The Balaban J connectivity index is 1.36. The fourth-order valence-electron chi connectivity index (χ4n) is 2.91. The van der Waals surface area contributed by atoms with Gasteiger partial charge < -0.3 is 4.74 Å². The van der Waals surface area contributed by atoms with Gasteiger partial charge in [0.05, 0.1) is 23.1 Å². The standard InChI is InChI=1S/C19H19N3O2S3/c1-24-15-8-4-2-6-13(15)18-22(17(23)12-26-18)20-10-11-25-19-21-14-7-3-5-9-16(14)27-19/h2-9,18,20H,10-12H2,1H3. The van der Waals surface area contributed by atoms with Crippen LogP contribution in [-0.4, -0.2) is 41.1 Å². The molecule has 1 amide bonds.